The number of hydrogen-bond acceptors (Lipinski definition) is 2. The largest absolute Gasteiger partial charge is 0.356 e. The SMILES string of the molecule is CCCNC(=O)CCC1CCCNC1. The molecule has 2 N–H and O–H groups in total. The van der Waals surface area contributed by atoms with E-state index in [1.165, 1.54) is 12.8 Å². The second-order valence-electron chi connectivity index (χ2n) is 4.10. The van der Waals surface area contributed by atoms with E-state index in [1.54, 1.807) is 0 Å². The minimum absolute atomic E-state index is 0.220. The quantitative estimate of drug-likeness (QED) is 0.699. The first-order valence-electron chi connectivity index (χ1n) is 5.80. The average molecular weight is 198 g/mol. The summed E-state index contributed by atoms with van der Waals surface area (Å²) in [4.78, 5) is 11.3. The summed E-state index contributed by atoms with van der Waals surface area (Å²) in [5.74, 6) is 0.938. The van der Waals surface area contributed by atoms with Crippen LogP contribution in [0.3, 0.4) is 0 Å². The van der Waals surface area contributed by atoms with Gasteiger partial charge in [-0.25, -0.2) is 0 Å². The molecule has 82 valence electrons. The van der Waals surface area contributed by atoms with Gasteiger partial charge in [0.25, 0.3) is 0 Å². The van der Waals surface area contributed by atoms with Gasteiger partial charge in [0, 0.05) is 13.0 Å². The molecule has 0 bridgehead atoms. The zero-order valence-electron chi connectivity index (χ0n) is 9.14. The Labute approximate surface area is 86.6 Å². The van der Waals surface area contributed by atoms with E-state index >= 15 is 0 Å². The highest BCUT2D eigenvalue weighted by Gasteiger charge is 2.13. The molecular weight excluding hydrogens is 176 g/mol. The van der Waals surface area contributed by atoms with Crippen molar-refractivity contribution in [3.63, 3.8) is 0 Å². The molecule has 1 saturated heterocycles. The molecule has 1 fully saturated rings. The van der Waals surface area contributed by atoms with E-state index in [4.69, 9.17) is 0 Å². The van der Waals surface area contributed by atoms with Crippen LogP contribution in [0.25, 0.3) is 0 Å². The van der Waals surface area contributed by atoms with Crippen LogP contribution in [0.5, 0.6) is 0 Å². The topological polar surface area (TPSA) is 41.1 Å². The van der Waals surface area contributed by atoms with Crippen LogP contribution >= 0.6 is 0 Å². The van der Waals surface area contributed by atoms with E-state index in [1.807, 2.05) is 0 Å². The fraction of sp³-hybridized carbons (Fsp3) is 0.909. The maximum absolute atomic E-state index is 11.3. The maximum Gasteiger partial charge on any atom is 0.220 e. The minimum atomic E-state index is 0.220. The number of hydrogen-bond donors (Lipinski definition) is 2. The Balaban J connectivity index is 2.03. The first-order chi connectivity index (χ1) is 6.83. The summed E-state index contributed by atoms with van der Waals surface area (Å²) in [6.07, 6.45) is 5.32. The normalized spacial score (nSPS) is 21.9. The number of piperidine rings is 1. The van der Waals surface area contributed by atoms with Crippen LogP contribution in [0.2, 0.25) is 0 Å². The lowest BCUT2D eigenvalue weighted by atomic mass is 9.94. The van der Waals surface area contributed by atoms with Crippen molar-refractivity contribution in [2.75, 3.05) is 19.6 Å². The standard InChI is InChI=1S/C11H22N2O/c1-2-7-13-11(14)6-5-10-4-3-8-12-9-10/h10,12H,2-9H2,1H3,(H,13,14). The number of nitrogens with one attached hydrogen (secondary N) is 2. The lowest BCUT2D eigenvalue weighted by Crippen LogP contribution is -2.31. The highest BCUT2D eigenvalue weighted by molar-refractivity contribution is 5.75. The van der Waals surface area contributed by atoms with Gasteiger partial charge in [0.1, 0.15) is 0 Å². The molecule has 1 unspecified atom stereocenters. The first kappa shape index (κ1) is 11.5. The van der Waals surface area contributed by atoms with Crippen LogP contribution in [0, 0.1) is 5.92 Å². The van der Waals surface area contributed by atoms with Crippen molar-refractivity contribution in [3.05, 3.63) is 0 Å². The Kier molecular flexibility index (Phi) is 5.60. The van der Waals surface area contributed by atoms with E-state index in [0.717, 1.165) is 38.4 Å². The van der Waals surface area contributed by atoms with Crippen LogP contribution < -0.4 is 10.6 Å². The third-order valence-corrected chi connectivity index (χ3v) is 2.75. The summed E-state index contributed by atoms with van der Waals surface area (Å²) in [5, 5.41) is 6.28. The first-order valence-corrected chi connectivity index (χ1v) is 5.80. The number of carbonyl (C=O) groups excluding carboxylic acids is 1. The van der Waals surface area contributed by atoms with E-state index in [2.05, 4.69) is 17.6 Å². The van der Waals surface area contributed by atoms with Gasteiger partial charge in [-0.15, -0.1) is 0 Å². The smallest absolute Gasteiger partial charge is 0.220 e. The van der Waals surface area contributed by atoms with Gasteiger partial charge >= 0.3 is 0 Å². The fourth-order valence-electron chi connectivity index (χ4n) is 1.86. The summed E-state index contributed by atoms with van der Waals surface area (Å²) >= 11 is 0. The summed E-state index contributed by atoms with van der Waals surface area (Å²) in [6, 6.07) is 0. The molecule has 1 heterocycles. The Morgan fingerprint density at radius 2 is 2.43 bits per heavy atom. The van der Waals surface area contributed by atoms with Crippen molar-refractivity contribution >= 4 is 5.91 Å². The number of rotatable bonds is 5. The average Bonchev–Trinajstić information content (AvgIpc) is 2.25. The summed E-state index contributed by atoms with van der Waals surface area (Å²) in [5.41, 5.74) is 0. The lowest BCUT2D eigenvalue weighted by Gasteiger charge is -2.22. The van der Waals surface area contributed by atoms with Crippen LogP contribution in [-0.4, -0.2) is 25.5 Å². The highest BCUT2D eigenvalue weighted by Crippen LogP contribution is 2.15. The molecule has 1 amide bonds. The van der Waals surface area contributed by atoms with Crippen LogP contribution in [0.4, 0.5) is 0 Å². The van der Waals surface area contributed by atoms with Crippen molar-refractivity contribution in [2.45, 2.75) is 39.0 Å². The monoisotopic (exact) mass is 198 g/mol. The maximum atomic E-state index is 11.3. The predicted octanol–water partition coefficient (Wildman–Crippen LogP) is 1.29. The summed E-state index contributed by atoms with van der Waals surface area (Å²) in [6.45, 7) is 5.15. The molecular formula is C11H22N2O. The Bertz CT molecular complexity index is 165. The van der Waals surface area contributed by atoms with Gasteiger partial charge in [0.15, 0.2) is 0 Å². The highest BCUT2D eigenvalue weighted by atomic mass is 16.1. The third kappa shape index (κ3) is 4.61. The van der Waals surface area contributed by atoms with Crippen molar-refractivity contribution in [1.29, 1.82) is 0 Å². The van der Waals surface area contributed by atoms with Crippen molar-refractivity contribution in [3.8, 4) is 0 Å². The fourth-order valence-corrected chi connectivity index (χ4v) is 1.86. The molecule has 14 heavy (non-hydrogen) atoms. The second-order valence-corrected chi connectivity index (χ2v) is 4.10. The minimum Gasteiger partial charge on any atom is -0.356 e. The van der Waals surface area contributed by atoms with Gasteiger partial charge in [-0.3, -0.25) is 4.79 Å². The van der Waals surface area contributed by atoms with Gasteiger partial charge in [-0.05, 0) is 44.7 Å². The Hall–Kier alpha value is -0.570. The van der Waals surface area contributed by atoms with E-state index in [0.29, 0.717) is 6.42 Å². The Morgan fingerprint density at radius 1 is 1.57 bits per heavy atom. The van der Waals surface area contributed by atoms with Gasteiger partial charge < -0.3 is 10.6 Å². The van der Waals surface area contributed by atoms with Crippen LogP contribution in [0.1, 0.15) is 39.0 Å². The molecule has 1 aliphatic rings. The van der Waals surface area contributed by atoms with Crippen LogP contribution in [0.15, 0.2) is 0 Å². The molecule has 3 heteroatoms. The number of carbonyl (C=O) groups is 1. The molecule has 0 aromatic carbocycles. The zero-order valence-corrected chi connectivity index (χ0v) is 9.14. The third-order valence-electron chi connectivity index (χ3n) is 2.75. The summed E-state index contributed by atoms with van der Waals surface area (Å²) in [7, 11) is 0. The predicted molar refractivity (Wildman–Crippen MR) is 58.1 cm³/mol. The molecule has 3 nitrogen and oxygen atoms in total. The van der Waals surface area contributed by atoms with Crippen molar-refractivity contribution in [2.24, 2.45) is 5.92 Å². The zero-order chi connectivity index (χ0) is 10.2. The molecule has 1 atom stereocenters. The molecule has 0 aromatic rings. The van der Waals surface area contributed by atoms with Gasteiger partial charge in [0.2, 0.25) is 5.91 Å². The van der Waals surface area contributed by atoms with Gasteiger partial charge in [-0.1, -0.05) is 6.92 Å². The molecule has 0 spiro atoms. The van der Waals surface area contributed by atoms with Gasteiger partial charge in [-0.2, -0.15) is 0 Å². The molecule has 0 saturated carbocycles. The van der Waals surface area contributed by atoms with E-state index < -0.39 is 0 Å². The Morgan fingerprint density at radius 3 is 3.07 bits per heavy atom. The molecule has 0 radical (unpaired) electrons. The molecule has 1 rings (SSSR count). The van der Waals surface area contributed by atoms with Crippen LogP contribution in [-0.2, 0) is 4.79 Å². The van der Waals surface area contributed by atoms with Crippen molar-refractivity contribution in [1.82, 2.24) is 10.6 Å². The van der Waals surface area contributed by atoms with Crippen molar-refractivity contribution < 1.29 is 4.79 Å². The lowest BCUT2D eigenvalue weighted by molar-refractivity contribution is -0.121. The van der Waals surface area contributed by atoms with E-state index in [-0.39, 0.29) is 5.91 Å². The van der Waals surface area contributed by atoms with Gasteiger partial charge in [0.05, 0.1) is 0 Å². The second kappa shape index (κ2) is 6.82. The molecule has 1 aliphatic heterocycles. The molecule has 0 aliphatic carbocycles. The molecule has 0 aromatic heterocycles. The summed E-state index contributed by atoms with van der Waals surface area (Å²) < 4.78 is 0. The van der Waals surface area contributed by atoms with E-state index in [9.17, 15) is 4.79 Å². The number of amides is 1.